The zero-order valence-electron chi connectivity index (χ0n) is 24.0. The monoisotopic (exact) mass is 591 g/mol. The van der Waals surface area contributed by atoms with Gasteiger partial charge in [-0.2, -0.15) is 0 Å². The van der Waals surface area contributed by atoms with Crippen molar-refractivity contribution in [1.82, 2.24) is 0 Å². The molecule has 0 saturated heterocycles. The van der Waals surface area contributed by atoms with Gasteiger partial charge in [-0.1, -0.05) is 128 Å². The van der Waals surface area contributed by atoms with Gasteiger partial charge in [0.2, 0.25) is 0 Å². The fraction of sp³-hybridized carbons (Fsp3) is 0.0769. The quantitative estimate of drug-likeness (QED) is 0.202. The molecule has 0 spiro atoms. The molecule has 2 nitrogen and oxygen atoms in total. The number of nitrogens with zero attached hydrogens (tertiary/aromatic N) is 1. The molecule has 208 valence electrons. The SMILES string of the molecule is CC1(C)c2ccccc2Sc2c(N(c3ccc(-c4ccccc4)cc3)c3cccc4c3Sc3ccccc3O4)cccc21. The van der Waals surface area contributed by atoms with Crippen LogP contribution in [0.3, 0.4) is 0 Å². The van der Waals surface area contributed by atoms with Crippen LogP contribution in [0.15, 0.2) is 159 Å². The van der Waals surface area contributed by atoms with Gasteiger partial charge >= 0.3 is 0 Å². The number of rotatable bonds is 4. The van der Waals surface area contributed by atoms with E-state index in [-0.39, 0.29) is 5.41 Å². The summed E-state index contributed by atoms with van der Waals surface area (Å²) in [6.45, 7) is 4.69. The van der Waals surface area contributed by atoms with Crippen molar-refractivity contribution in [3.05, 3.63) is 151 Å². The van der Waals surface area contributed by atoms with Crippen LogP contribution >= 0.6 is 23.5 Å². The predicted molar refractivity (Wildman–Crippen MR) is 180 cm³/mol. The summed E-state index contributed by atoms with van der Waals surface area (Å²) in [6.07, 6.45) is 0. The lowest BCUT2D eigenvalue weighted by Gasteiger charge is -2.38. The standard InChI is InChI=1S/C39H29NOS2/c1-39(2)29-14-6-8-20-35(29)42-37-30(39)15-10-16-31(37)40(28-24-22-27(23-25-28)26-12-4-3-5-13-26)32-17-11-19-34-38(32)43-36-21-9-7-18-33(36)41-34/h3-25H,1-2H3. The maximum atomic E-state index is 6.46. The number of para-hydroxylation sites is 1. The second-order valence-electron chi connectivity index (χ2n) is 11.4. The van der Waals surface area contributed by atoms with Crippen molar-refractivity contribution < 1.29 is 4.74 Å². The van der Waals surface area contributed by atoms with E-state index in [0.29, 0.717) is 0 Å². The normalized spacial score (nSPS) is 14.0. The van der Waals surface area contributed by atoms with Gasteiger partial charge in [-0.05, 0) is 70.8 Å². The summed E-state index contributed by atoms with van der Waals surface area (Å²) in [4.78, 5) is 7.27. The molecular weight excluding hydrogens is 563 g/mol. The van der Waals surface area contributed by atoms with Crippen LogP contribution in [0.5, 0.6) is 11.5 Å². The van der Waals surface area contributed by atoms with Crippen molar-refractivity contribution in [2.45, 2.75) is 38.8 Å². The van der Waals surface area contributed by atoms with Crippen molar-refractivity contribution in [1.29, 1.82) is 0 Å². The largest absolute Gasteiger partial charge is 0.455 e. The summed E-state index contributed by atoms with van der Waals surface area (Å²) in [7, 11) is 0. The lowest BCUT2D eigenvalue weighted by Crippen LogP contribution is -2.25. The minimum atomic E-state index is -0.122. The highest BCUT2D eigenvalue weighted by atomic mass is 32.2. The number of fused-ring (bicyclic) bond motifs is 4. The van der Waals surface area contributed by atoms with Crippen molar-refractivity contribution in [3.8, 4) is 22.6 Å². The van der Waals surface area contributed by atoms with E-state index < -0.39 is 0 Å². The highest BCUT2D eigenvalue weighted by molar-refractivity contribution is 8.00. The van der Waals surface area contributed by atoms with Gasteiger partial charge in [0.15, 0.2) is 0 Å². The van der Waals surface area contributed by atoms with Gasteiger partial charge in [0.05, 0.1) is 21.2 Å². The van der Waals surface area contributed by atoms with Crippen LogP contribution in [0, 0.1) is 0 Å². The van der Waals surface area contributed by atoms with Crippen LogP contribution in [0.2, 0.25) is 0 Å². The van der Waals surface area contributed by atoms with Crippen molar-refractivity contribution in [2.75, 3.05) is 4.90 Å². The molecule has 6 aromatic rings. The van der Waals surface area contributed by atoms with Crippen LogP contribution in [0.4, 0.5) is 17.1 Å². The van der Waals surface area contributed by atoms with E-state index in [1.54, 1.807) is 11.8 Å². The summed E-state index contributed by atoms with van der Waals surface area (Å²) in [5.74, 6) is 1.79. The highest BCUT2D eigenvalue weighted by Gasteiger charge is 2.36. The van der Waals surface area contributed by atoms with Crippen molar-refractivity contribution >= 4 is 40.6 Å². The fourth-order valence-electron chi connectivity index (χ4n) is 6.18. The third-order valence-electron chi connectivity index (χ3n) is 8.39. The molecule has 2 heterocycles. The van der Waals surface area contributed by atoms with E-state index in [1.165, 1.54) is 37.7 Å². The lowest BCUT2D eigenvalue weighted by molar-refractivity contribution is 0.455. The van der Waals surface area contributed by atoms with Gasteiger partial charge < -0.3 is 9.64 Å². The van der Waals surface area contributed by atoms with E-state index in [1.807, 2.05) is 23.9 Å². The van der Waals surface area contributed by atoms with E-state index in [4.69, 9.17) is 4.74 Å². The summed E-state index contributed by atoms with van der Waals surface area (Å²) < 4.78 is 6.46. The van der Waals surface area contributed by atoms with Gasteiger partial charge in [0.25, 0.3) is 0 Å². The van der Waals surface area contributed by atoms with Crippen LogP contribution < -0.4 is 9.64 Å². The molecule has 2 aliphatic rings. The first-order valence-corrected chi connectivity index (χ1v) is 16.2. The third-order valence-corrected chi connectivity index (χ3v) is 10.8. The summed E-state index contributed by atoms with van der Waals surface area (Å²) in [6, 6.07) is 49.8. The van der Waals surface area contributed by atoms with E-state index >= 15 is 0 Å². The second-order valence-corrected chi connectivity index (χ2v) is 13.5. The first kappa shape index (κ1) is 26.3. The summed E-state index contributed by atoms with van der Waals surface area (Å²) in [5, 5.41) is 0. The van der Waals surface area contributed by atoms with Crippen LogP contribution in [0.1, 0.15) is 25.0 Å². The molecule has 0 fully saturated rings. The van der Waals surface area contributed by atoms with E-state index in [9.17, 15) is 0 Å². The number of hydrogen-bond donors (Lipinski definition) is 0. The molecule has 0 atom stereocenters. The molecule has 0 unspecified atom stereocenters. The van der Waals surface area contributed by atoms with Crippen LogP contribution in [0.25, 0.3) is 11.1 Å². The molecule has 43 heavy (non-hydrogen) atoms. The molecule has 2 aliphatic heterocycles. The molecule has 6 aromatic carbocycles. The third kappa shape index (κ3) is 4.45. The highest BCUT2D eigenvalue weighted by Crippen LogP contribution is 2.57. The molecule has 4 heteroatoms. The number of benzene rings is 6. The molecular formula is C39H29NOS2. The lowest BCUT2D eigenvalue weighted by atomic mass is 9.77. The van der Waals surface area contributed by atoms with Crippen molar-refractivity contribution in [3.63, 3.8) is 0 Å². The Balaban J connectivity index is 1.33. The molecule has 0 radical (unpaired) electrons. The number of ether oxygens (including phenoxy) is 1. The van der Waals surface area contributed by atoms with Crippen LogP contribution in [-0.2, 0) is 5.41 Å². The van der Waals surface area contributed by atoms with Crippen molar-refractivity contribution in [2.24, 2.45) is 0 Å². The van der Waals surface area contributed by atoms with E-state index in [0.717, 1.165) is 32.7 Å². The van der Waals surface area contributed by atoms with E-state index in [2.05, 4.69) is 146 Å². The Morgan fingerprint density at radius 1 is 0.488 bits per heavy atom. The number of hydrogen-bond acceptors (Lipinski definition) is 4. The maximum Gasteiger partial charge on any atom is 0.143 e. The first-order chi connectivity index (χ1) is 21.1. The van der Waals surface area contributed by atoms with Gasteiger partial charge in [-0.3, -0.25) is 0 Å². The van der Waals surface area contributed by atoms with Gasteiger partial charge in [0, 0.05) is 20.9 Å². The second kappa shape index (κ2) is 10.4. The first-order valence-electron chi connectivity index (χ1n) is 14.5. The minimum Gasteiger partial charge on any atom is -0.455 e. The molecule has 0 N–H and O–H groups in total. The smallest absolute Gasteiger partial charge is 0.143 e. The fourth-order valence-corrected chi connectivity index (χ4v) is 8.73. The topological polar surface area (TPSA) is 12.5 Å². The van der Waals surface area contributed by atoms with Gasteiger partial charge in [0.1, 0.15) is 11.5 Å². The maximum absolute atomic E-state index is 6.46. The Kier molecular flexibility index (Phi) is 6.36. The average molecular weight is 592 g/mol. The predicted octanol–water partition coefficient (Wildman–Crippen LogP) is 11.9. The minimum absolute atomic E-state index is 0.122. The average Bonchev–Trinajstić information content (AvgIpc) is 3.05. The molecule has 0 aromatic heterocycles. The molecule has 8 rings (SSSR count). The Bertz CT molecular complexity index is 1980. The van der Waals surface area contributed by atoms with Crippen LogP contribution in [-0.4, -0.2) is 0 Å². The Hall–Kier alpha value is -4.38. The van der Waals surface area contributed by atoms with Gasteiger partial charge in [-0.25, -0.2) is 0 Å². The van der Waals surface area contributed by atoms with Gasteiger partial charge in [-0.15, -0.1) is 0 Å². The molecule has 0 amide bonds. The Labute approximate surface area is 261 Å². The summed E-state index contributed by atoms with van der Waals surface area (Å²) >= 11 is 3.65. The summed E-state index contributed by atoms with van der Waals surface area (Å²) in [5.41, 5.74) is 8.40. The molecule has 0 aliphatic carbocycles. The molecule has 0 saturated carbocycles. The Morgan fingerprint density at radius 2 is 1.07 bits per heavy atom. The Morgan fingerprint density at radius 3 is 1.88 bits per heavy atom. The molecule has 0 bridgehead atoms. The zero-order chi connectivity index (χ0) is 29.0. The number of anilines is 3. The zero-order valence-corrected chi connectivity index (χ0v) is 25.6.